The molecule has 0 radical (unpaired) electrons. The molecule has 1 heterocycles. The molecule has 0 aromatic heterocycles. The molecule has 2 fully saturated rings. The lowest BCUT2D eigenvalue weighted by atomic mass is 9.98. The van der Waals surface area contributed by atoms with Crippen LogP contribution in [-0.4, -0.2) is 35.1 Å². The van der Waals surface area contributed by atoms with E-state index in [0.29, 0.717) is 6.04 Å². The minimum Gasteiger partial charge on any atom is -0.296 e. The maximum atomic E-state index is 9.35. The fourth-order valence-electron chi connectivity index (χ4n) is 2.63. The van der Waals surface area contributed by atoms with Gasteiger partial charge in [0.1, 0.15) is 5.54 Å². The van der Waals surface area contributed by atoms with Crippen molar-refractivity contribution in [3.63, 3.8) is 0 Å². The average Bonchev–Trinajstić information content (AvgIpc) is 2.94. The summed E-state index contributed by atoms with van der Waals surface area (Å²) in [6.07, 6.45) is 4.98. The summed E-state index contributed by atoms with van der Waals surface area (Å²) < 4.78 is 0. The summed E-state index contributed by atoms with van der Waals surface area (Å²) in [4.78, 5) is 2.46. The van der Waals surface area contributed by atoms with E-state index < -0.39 is 0 Å². The molecule has 1 N–H and O–H groups in total. The molecule has 2 aliphatic rings. The van der Waals surface area contributed by atoms with E-state index in [1.54, 1.807) is 0 Å². The normalized spacial score (nSPS) is 28.6. The van der Waals surface area contributed by atoms with Gasteiger partial charge in [-0.3, -0.25) is 10.2 Å². The molecule has 0 spiro atoms. The molecule has 3 heteroatoms. The van der Waals surface area contributed by atoms with Crippen molar-refractivity contribution in [1.82, 2.24) is 10.2 Å². The zero-order valence-corrected chi connectivity index (χ0v) is 10.7. The first-order valence-electron chi connectivity index (χ1n) is 6.39. The molecule has 0 aromatic rings. The maximum absolute atomic E-state index is 9.35. The lowest BCUT2D eigenvalue weighted by Gasteiger charge is -2.37. The fraction of sp³-hybridized carbons (Fsp3) is 0.923. The van der Waals surface area contributed by atoms with E-state index in [1.165, 1.54) is 25.7 Å². The van der Waals surface area contributed by atoms with Gasteiger partial charge in [0.15, 0.2) is 0 Å². The molecule has 1 atom stereocenters. The van der Waals surface area contributed by atoms with Gasteiger partial charge < -0.3 is 0 Å². The summed E-state index contributed by atoms with van der Waals surface area (Å²) in [5, 5.41) is 12.8. The van der Waals surface area contributed by atoms with E-state index in [-0.39, 0.29) is 11.1 Å². The first-order valence-corrected chi connectivity index (χ1v) is 6.39. The molecule has 0 bridgehead atoms. The van der Waals surface area contributed by atoms with Crippen LogP contribution in [0, 0.1) is 11.3 Å². The number of hydrogen-bond acceptors (Lipinski definition) is 3. The highest BCUT2D eigenvalue weighted by atomic mass is 15.2. The smallest absolute Gasteiger partial charge is 0.116 e. The summed E-state index contributed by atoms with van der Waals surface area (Å²) in [6, 6.07) is 3.05. The summed E-state index contributed by atoms with van der Waals surface area (Å²) in [5.74, 6) is 0. The third-order valence-electron chi connectivity index (χ3n) is 3.93. The number of nitriles is 1. The van der Waals surface area contributed by atoms with Crippen molar-refractivity contribution < 1.29 is 0 Å². The van der Waals surface area contributed by atoms with E-state index in [9.17, 15) is 5.26 Å². The Morgan fingerprint density at radius 2 is 2.19 bits per heavy atom. The Labute approximate surface area is 98.8 Å². The van der Waals surface area contributed by atoms with Crippen molar-refractivity contribution in [3.8, 4) is 6.07 Å². The minimum atomic E-state index is -0.372. The highest BCUT2D eigenvalue weighted by Gasteiger charge is 2.39. The summed E-state index contributed by atoms with van der Waals surface area (Å²) >= 11 is 0. The van der Waals surface area contributed by atoms with Crippen LogP contribution in [0.15, 0.2) is 0 Å². The zero-order chi connectivity index (χ0) is 11.8. The van der Waals surface area contributed by atoms with Crippen LogP contribution in [0.2, 0.25) is 0 Å². The highest BCUT2D eigenvalue weighted by molar-refractivity contribution is 5.10. The third-order valence-corrected chi connectivity index (χ3v) is 3.93. The number of rotatable bonds is 4. The zero-order valence-electron chi connectivity index (χ0n) is 10.7. The van der Waals surface area contributed by atoms with Crippen molar-refractivity contribution in [2.75, 3.05) is 13.1 Å². The van der Waals surface area contributed by atoms with Crippen molar-refractivity contribution in [2.24, 2.45) is 0 Å². The topological polar surface area (TPSA) is 39.1 Å². The lowest BCUT2D eigenvalue weighted by Crippen LogP contribution is -2.54. The molecule has 1 aliphatic carbocycles. The number of hydrogen-bond donors (Lipinski definition) is 1. The van der Waals surface area contributed by atoms with Crippen molar-refractivity contribution in [2.45, 2.75) is 63.6 Å². The van der Waals surface area contributed by atoms with Crippen LogP contribution in [-0.2, 0) is 0 Å². The Balaban J connectivity index is 1.97. The summed E-state index contributed by atoms with van der Waals surface area (Å²) in [6.45, 7) is 8.60. The Kier molecular flexibility index (Phi) is 2.98. The molecule has 0 amide bonds. The van der Waals surface area contributed by atoms with Gasteiger partial charge in [0.05, 0.1) is 6.07 Å². The van der Waals surface area contributed by atoms with Crippen molar-refractivity contribution in [1.29, 1.82) is 5.26 Å². The predicted octanol–water partition coefficient (Wildman–Crippen LogP) is 1.90. The van der Waals surface area contributed by atoms with Gasteiger partial charge in [-0.25, -0.2) is 0 Å². The lowest BCUT2D eigenvalue weighted by molar-refractivity contribution is 0.142. The van der Waals surface area contributed by atoms with Gasteiger partial charge in [-0.2, -0.15) is 5.26 Å². The SMILES string of the molecule is CC(C#N)(CN1CCCC1(C)C)NC1CC1. The van der Waals surface area contributed by atoms with E-state index in [2.05, 4.69) is 30.1 Å². The largest absolute Gasteiger partial charge is 0.296 e. The fourth-order valence-corrected chi connectivity index (χ4v) is 2.63. The first-order chi connectivity index (χ1) is 7.45. The van der Waals surface area contributed by atoms with Gasteiger partial charge in [0.25, 0.3) is 0 Å². The van der Waals surface area contributed by atoms with E-state index in [1.807, 2.05) is 6.92 Å². The summed E-state index contributed by atoms with van der Waals surface area (Å²) in [5.41, 5.74) is -0.105. The number of nitrogens with one attached hydrogen (secondary N) is 1. The Morgan fingerprint density at radius 1 is 1.50 bits per heavy atom. The summed E-state index contributed by atoms with van der Waals surface area (Å²) in [7, 11) is 0. The number of likely N-dealkylation sites (tertiary alicyclic amines) is 1. The van der Waals surface area contributed by atoms with Crippen LogP contribution >= 0.6 is 0 Å². The molecule has 90 valence electrons. The van der Waals surface area contributed by atoms with Crippen molar-refractivity contribution in [3.05, 3.63) is 0 Å². The average molecular weight is 221 g/mol. The van der Waals surface area contributed by atoms with Gasteiger partial charge in [-0.1, -0.05) is 0 Å². The van der Waals surface area contributed by atoms with Gasteiger partial charge in [-0.15, -0.1) is 0 Å². The van der Waals surface area contributed by atoms with Crippen LogP contribution in [0.4, 0.5) is 0 Å². The Morgan fingerprint density at radius 3 is 2.62 bits per heavy atom. The molecule has 1 saturated carbocycles. The standard InChI is InChI=1S/C13H23N3/c1-12(2)7-4-8-16(12)10-13(3,9-14)15-11-5-6-11/h11,15H,4-8,10H2,1-3H3. The third kappa shape index (κ3) is 2.56. The van der Waals surface area contributed by atoms with Crippen molar-refractivity contribution >= 4 is 0 Å². The Bertz CT molecular complexity index is 301. The second kappa shape index (κ2) is 4.01. The van der Waals surface area contributed by atoms with Gasteiger partial charge in [0, 0.05) is 18.1 Å². The van der Waals surface area contributed by atoms with Gasteiger partial charge in [0.2, 0.25) is 0 Å². The van der Waals surface area contributed by atoms with E-state index in [0.717, 1.165) is 13.1 Å². The molecule has 1 saturated heterocycles. The molecular formula is C13H23N3. The number of nitrogens with zero attached hydrogens (tertiary/aromatic N) is 2. The second-order valence-corrected chi connectivity index (χ2v) is 6.20. The van der Waals surface area contributed by atoms with E-state index >= 15 is 0 Å². The van der Waals surface area contributed by atoms with E-state index in [4.69, 9.17) is 0 Å². The molecule has 0 aromatic carbocycles. The van der Waals surface area contributed by atoms with Gasteiger partial charge >= 0.3 is 0 Å². The van der Waals surface area contributed by atoms with Crippen LogP contribution in [0.25, 0.3) is 0 Å². The molecule has 1 unspecified atom stereocenters. The minimum absolute atomic E-state index is 0.267. The van der Waals surface area contributed by atoms with Crippen LogP contribution in [0.5, 0.6) is 0 Å². The highest BCUT2D eigenvalue weighted by Crippen LogP contribution is 2.30. The first kappa shape index (κ1) is 11.9. The van der Waals surface area contributed by atoms with Crippen LogP contribution < -0.4 is 5.32 Å². The maximum Gasteiger partial charge on any atom is 0.116 e. The van der Waals surface area contributed by atoms with Crippen LogP contribution in [0.1, 0.15) is 46.5 Å². The molecule has 16 heavy (non-hydrogen) atoms. The quantitative estimate of drug-likeness (QED) is 0.788. The van der Waals surface area contributed by atoms with Gasteiger partial charge in [-0.05, 0) is 53.0 Å². The van der Waals surface area contributed by atoms with Crippen LogP contribution in [0.3, 0.4) is 0 Å². The predicted molar refractivity (Wildman–Crippen MR) is 65.1 cm³/mol. The molecular weight excluding hydrogens is 198 g/mol. The molecule has 1 aliphatic heterocycles. The molecule has 2 rings (SSSR count). The second-order valence-electron chi connectivity index (χ2n) is 6.20. The molecule has 3 nitrogen and oxygen atoms in total. The monoisotopic (exact) mass is 221 g/mol. The Hall–Kier alpha value is -0.590.